The van der Waals surface area contributed by atoms with Crippen molar-refractivity contribution in [1.29, 1.82) is 0 Å². The lowest BCUT2D eigenvalue weighted by Gasteiger charge is -2.13. The Morgan fingerprint density at radius 2 is 1.83 bits per heavy atom. The third-order valence-electron chi connectivity index (χ3n) is 3.64. The van der Waals surface area contributed by atoms with Crippen LogP contribution in [0.15, 0.2) is 54.6 Å². The molecule has 0 radical (unpaired) electrons. The first-order valence-electron chi connectivity index (χ1n) is 7.91. The summed E-state index contributed by atoms with van der Waals surface area (Å²) in [5.74, 6) is 0.561. The number of rotatable bonds is 8. The van der Waals surface area contributed by atoms with E-state index in [4.69, 9.17) is 4.74 Å². The number of hydrogen-bond acceptors (Lipinski definition) is 3. The first-order chi connectivity index (χ1) is 11.2. The van der Waals surface area contributed by atoms with Gasteiger partial charge in [0.1, 0.15) is 5.75 Å². The van der Waals surface area contributed by atoms with E-state index in [-0.39, 0.29) is 12.5 Å². The van der Waals surface area contributed by atoms with Gasteiger partial charge in [0.2, 0.25) is 0 Å². The van der Waals surface area contributed by atoms with E-state index in [0.29, 0.717) is 13.0 Å². The predicted molar refractivity (Wildman–Crippen MR) is 90.3 cm³/mol. The molecule has 1 atom stereocenters. The second-order valence-electron chi connectivity index (χ2n) is 5.32. The molecule has 0 fully saturated rings. The highest BCUT2D eigenvalue weighted by Crippen LogP contribution is 2.18. The van der Waals surface area contributed by atoms with Crippen molar-refractivity contribution >= 4 is 5.91 Å². The minimum Gasteiger partial charge on any atom is -0.483 e. The smallest absolute Gasteiger partial charge is 0.257 e. The van der Waals surface area contributed by atoms with Gasteiger partial charge in [0.15, 0.2) is 6.61 Å². The Morgan fingerprint density at radius 3 is 2.57 bits per heavy atom. The maximum Gasteiger partial charge on any atom is 0.257 e. The predicted octanol–water partition coefficient (Wildman–Crippen LogP) is 2.87. The topological polar surface area (TPSA) is 58.6 Å². The third kappa shape index (κ3) is 5.42. The zero-order valence-corrected chi connectivity index (χ0v) is 13.4. The van der Waals surface area contributed by atoms with E-state index < -0.39 is 6.10 Å². The van der Waals surface area contributed by atoms with Gasteiger partial charge < -0.3 is 15.2 Å². The van der Waals surface area contributed by atoms with Gasteiger partial charge in [-0.25, -0.2) is 0 Å². The Morgan fingerprint density at radius 1 is 1.13 bits per heavy atom. The van der Waals surface area contributed by atoms with E-state index in [1.807, 2.05) is 61.5 Å². The highest BCUT2D eigenvalue weighted by atomic mass is 16.5. The molecule has 0 aliphatic heterocycles. The Bertz CT molecular complexity index is 613. The highest BCUT2D eigenvalue weighted by molar-refractivity contribution is 5.77. The van der Waals surface area contributed by atoms with E-state index in [2.05, 4.69) is 5.32 Å². The molecular weight excluding hydrogens is 290 g/mol. The lowest BCUT2D eigenvalue weighted by Crippen LogP contribution is -2.30. The maximum absolute atomic E-state index is 11.8. The van der Waals surface area contributed by atoms with Crippen LogP contribution in [0.3, 0.4) is 0 Å². The zero-order chi connectivity index (χ0) is 16.5. The van der Waals surface area contributed by atoms with Crippen LogP contribution in [0.2, 0.25) is 0 Å². The number of benzene rings is 2. The molecule has 0 aromatic heterocycles. The van der Waals surface area contributed by atoms with Crippen LogP contribution < -0.4 is 10.1 Å². The summed E-state index contributed by atoms with van der Waals surface area (Å²) in [4.78, 5) is 11.8. The summed E-state index contributed by atoms with van der Waals surface area (Å²) < 4.78 is 5.56. The van der Waals surface area contributed by atoms with Gasteiger partial charge in [-0.2, -0.15) is 0 Å². The molecule has 0 spiro atoms. The van der Waals surface area contributed by atoms with Crippen molar-refractivity contribution in [3.05, 3.63) is 65.7 Å². The molecule has 2 aromatic rings. The summed E-state index contributed by atoms with van der Waals surface area (Å²) in [5.41, 5.74) is 1.94. The fraction of sp³-hybridized carbons (Fsp3) is 0.316. The standard InChI is InChI=1S/C19H23NO3/c1-2-15-8-6-7-11-18(15)23-14-19(22)20-13-12-17(21)16-9-4-3-5-10-16/h3-11,17,21H,2,12-14H2,1H3,(H,20,22). The van der Waals surface area contributed by atoms with Crippen LogP contribution in [-0.2, 0) is 11.2 Å². The summed E-state index contributed by atoms with van der Waals surface area (Å²) in [6, 6.07) is 17.1. The normalized spacial score (nSPS) is 11.7. The summed E-state index contributed by atoms with van der Waals surface area (Å²) >= 11 is 0. The van der Waals surface area contributed by atoms with Gasteiger partial charge in [0.25, 0.3) is 5.91 Å². The first-order valence-corrected chi connectivity index (χ1v) is 7.91. The van der Waals surface area contributed by atoms with Crippen LogP contribution in [0.4, 0.5) is 0 Å². The fourth-order valence-electron chi connectivity index (χ4n) is 2.32. The van der Waals surface area contributed by atoms with Gasteiger partial charge in [0, 0.05) is 6.54 Å². The van der Waals surface area contributed by atoms with Gasteiger partial charge in [-0.15, -0.1) is 0 Å². The minimum absolute atomic E-state index is 0.0154. The summed E-state index contributed by atoms with van der Waals surface area (Å²) in [6.45, 7) is 2.44. The molecule has 1 unspecified atom stereocenters. The number of aryl methyl sites for hydroxylation is 1. The number of carbonyl (C=O) groups is 1. The van der Waals surface area contributed by atoms with Gasteiger partial charge in [-0.1, -0.05) is 55.5 Å². The average Bonchev–Trinajstić information content (AvgIpc) is 2.60. The number of aliphatic hydroxyl groups excluding tert-OH is 1. The number of para-hydroxylation sites is 1. The van der Waals surface area contributed by atoms with Gasteiger partial charge in [-0.05, 0) is 30.0 Å². The zero-order valence-electron chi connectivity index (χ0n) is 13.4. The molecule has 4 nitrogen and oxygen atoms in total. The van der Waals surface area contributed by atoms with Crippen LogP contribution in [0, 0.1) is 0 Å². The molecule has 1 amide bonds. The number of amides is 1. The molecule has 4 heteroatoms. The van der Waals surface area contributed by atoms with Crippen LogP contribution >= 0.6 is 0 Å². The number of carbonyl (C=O) groups excluding carboxylic acids is 1. The molecule has 0 bridgehead atoms. The van der Waals surface area contributed by atoms with Crippen molar-refractivity contribution in [1.82, 2.24) is 5.32 Å². The quantitative estimate of drug-likeness (QED) is 0.788. The van der Waals surface area contributed by atoms with Crippen molar-refractivity contribution in [2.24, 2.45) is 0 Å². The molecule has 0 saturated heterocycles. The molecule has 2 rings (SSSR count). The minimum atomic E-state index is -0.571. The molecule has 23 heavy (non-hydrogen) atoms. The summed E-state index contributed by atoms with van der Waals surface area (Å²) in [7, 11) is 0. The van der Waals surface area contributed by atoms with Gasteiger partial charge in [-0.3, -0.25) is 4.79 Å². The second kappa shape index (κ2) is 8.96. The van der Waals surface area contributed by atoms with Crippen LogP contribution in [0.25, 0.3) is 0 Å². The lowest BCUT2D eigenvalue weighted by molar-refractivity contribution is -0.123. The number of nitrogens with one attached hydrogen (secondary N) is 1. The third-order valence-corrected chi connectivity index (χ3v) is 3.64. The molecule has 0 heterocycles. The van der Waals surface area contributed by atoms with E-state index in [0.717, 1.165) is 23.3 Å². The van der Waals surface area contributed by atoms with Crippen LogP contribution in [-0.4, -0.2) is 24.2 Å². The van der Waals surface area contributed by atoms with Crippen molar-refractivity contribution < 1.29 is 14.6 Å². The van der Waals surface area contributed by atoms with Gasteiger partial charge >= 0.3 is 0 Å². The average molecular weight is 313 g/mol. The van der Waals surface area contributed by atoms with Gasteiger partial charge in [0.05, 0.1) is 6.10 Å². The molecule has 2 N–H and O–H groups in total. The molecule has 0 aliphatic rings. The Balaban J connectivity index is 1.71. The fourth-order valence-corrected chi connectivity index (χ4v) is 2.32. The molecule has 0 aliphatic carbocycles. The van der Waals surface area contributed by atoms with E-state index >= 15 is 0 Å². The highest BCUT2D eigenvalue weighted by Gasteiger charge is 2.09. The second-order valence-corrected chi connectivity index (χ2v) is 5.32. The number of ether oxygens (including phenoxy) is 1. The van der Waals surface area contributed by atoms with Crippen LogP contribution in [0.5, 0.6) is 5.75 Å². The Kier molecular flexibility index (Phi) is 6.63. The lowest BCUT2D eigenvalue weighted by atomic mass is 10.1. The number of aliphatic hydroxyl groups is 1. The van der Waals surface area contributed by atoms with Crippen molar-refractivity contribution in [3.8, 4) is 5.75 Å². The van der Waals surface area contributed by atoms with Crippen LogP contribution in [0.1, 0.15) is 30.6 Å². The van der Waals surface area contributed by atoms with E-state index in [9.17, 15) is 9.90 Å². The van der Waals surface area contributed by atoms with Crippen molar-refractivity contribution in [2.75, 3.05) is 13.2 Å². The molecule has 0 saturated carbocycles. The van der Waals surface area contributed by atoms with Crippen molar-refractivity contribution in [3.63, 3.8) is 0 Å². The summed E-state index contributed by atoms with van der Waals surface area (Å²) in [6.07, 6.45) is 0.765. The van der Waals surface area contributed by atoms with E-state index in [1.165, 1.54) is 0 Å². The molecule has 122 valence electrons. The molecule has 2 aromatic carbocycles. The number of hydrogen-bond donors (Lipinski definition) is 2. The largest absolute Gasteiger partial charge is 0.483 e. The SMILES string of the molecule is CCc1ccccc1OCC(=O)NCCC(O)c1ccccc1. The Labute approximate surface area is 137 Å². The summed E-state index contributed by atoms with van der Waals surface area (Å²) in [5, 5.41) is 12.8. The Hall–Kier alpha value is -2.33. The molecular formula is C19H23NO3. The first kappa shape index (κ1) is 17.0. The van der Waals surface area contributed by atoms with Crippen molar-refractivity contribution in [2.45, 2.75) is 25.9 Å². The maximum atomic E-state index is 11.8. The van der Waals surface area contributed by atoms with E-state index in [1.54, 1.807) is 0 Å². The monoisotopic (exact) mass is 313 g/mol.